The number of hydrogen-bond donors (Lipinski definition) is 2. The summed E-state index contributed by atoms with van der Waals surface area (Å²) in [6.45, 7) is 10.9. The summed E-state index contributed by atoms with van der Waals surface area (Å²) in [5.74, 6) is -0.000540. The highest BCUT2D eigenvalue weighted by molar-refractivity contribution is 5.89. The van der Waals surface area contributed by atoms with Gasteiger partial charge in [0.1, 0.15) is 17.2 Å². The van der Waals surface area contributed by atoms with E-state index in [0.717, 1.165) is 11.1 Å². The molecule has 0 bridgehead atoms. The van der Waals surface area contributed by atoms with Crippen LogP contribution >= 0.6 is 0 Å². The molecule has 10 nitrogen and oxygen atoms in total. The second-order valence-corrected chi connectivity index (χ2v) is 10.3. The van der Waals surface area contributed by atoms with Gasteiger partial charge >= 0.3 is 6.09 Å². The Morgan fingerprint density at radius 1 is 0.973 bits per heavy atom. The van der Waals surface area contributed by atoms with Crippen molar-refractivity contribution >= 4 is 12.0 Å². The van der Waals surface area contributed by atoms with Crippen molar-refractivity contribution in [2.45, 2.75) is 71.4 Å². The fourth-order valence-corrected chi connectivity index (χ4v) is 3.58. The number of alkyl carbamates (subject to hydrolysis) is 1. The van der Waals surface area contributed by atoms with Gasteiger partial charge < -0.3 is 20.1 Å². The van der Waals surface area contributed by atoms with Crippen molar-refractivity contribution in [3.8, 4) is 0 Å². The number of aromatic nitrogens is 4. The molecule has 10 heteroatoms. The molecule has 1 aromatic heterocycles. The monoisotopic (exact) mass is 508 g/mol. The molecular formula is C27H36N6O4. The molecule has 2 N–H and O–H groups in total. The van der Waals surface area contributed by atoms with E-state index in [0.29, 0.717) is 12.4 Å². The van der Waals surface area contributed by atoms with Gasteiger partial charge in [0, 0.05) is 0 Å². The molecule has 2 unspecified atom stereocenters. The van der Waals surface area contributed by atoms with E-state index in [1.54, 1.807) is 39.3 Å². The molecule has 0 aliphatic rings. The molecule has 0 saturated carbocycles. The molecule has 1 heterocycles. The number of carbonyl (C=O) groups excluding carboxylic acids is 2. The molecule has 0 saturated heterocycles. The molecular weight excluding hydrogens is 472 g/mol. The van der Waals surface area contributed by atoms with Gasteiger partial charge in [-0.2, -0.15) is 0 Å². The standard InChI is InChI=1S/C27H36N6O4/c1-19(21-15-11-8-12-16-21)33-23(30-31-32-33)22(18-36-17-20-13-9-7-10-14-20)28-24(34)27(5,6)29-25(35)37-26(2,3)4/h7-16,19,22H,17-18H2,1-6H3,(H,28,34)(H,29,35). The lowest BCUT2D eigenvalue weighted by Crippen LogP contribution is -2.56. The smallest absolute Gasteiger partial charge is 0.408 e. The van der Waals surface area contributed by atoms with Gasteiger partial charge in [0.15, 0.2) is 5.82 Å². The lowest BCUT2D eigenvalue weighted by Gasteiger charge is -2.29. The average Bonchev–Trinajstić information content (AvgIpc) is 3.32. The van der Waals surface area contributed by atoms with Gasteiger partial charge in [-0.05, 0) is 63.1 Å². The summed E-state index contributed by atoms with van der Waals surface area (Å²) in [7, 11) is 0. The molecule has 0 aliphatic heterocycles. The molecule has 3 aromatic rings. The summed E-state index contributed by atoms with van der Waals surface area (Å²) < 4.78 is 13.0. The highest BCUT2D eigenvalue weighted by atomic mass is 16.6. The zero-order chi connectivity index (χ0) is 27.1. The molecule has 2 atom stereocenters. The summed E-state index contributed by atoms with van der Waals surface area (Å²) in [5, 5.41) is 17.9. The molecule has 2 amide bonds. The molecule has 37 heavy (non-hydrogen) atoms. The highest BCUT2D eigenvalue weighted by Crippen LogP contribution is 2.22. The van der Waals surface area contributed by atoms with Crippen LogP contribution in [0.3, 0.4) is 0 Å². The van der Waals surface area contributed by atoms with Gasteiger partial charge in [-0.25, -0.2) is 9.48 Å². The Morgan fingerprint density at radius 2 is 1.59 bits per heavy atom. The van der Waals surface area contributed by atoms with Crippen molar-refractivity contribution in [3.63, 3.8) is 0 Å². The predicted octanol–water partition coefficient (Wildman–Crippen LogP) is 3.96. The van der Waals surface area contributed by atoms with Crippen LogP contribution < -0.4 is 10.6 Å². The number of amides is 2. The Kier molecular flexibility index (Phi) is 8.99. The van der Waals surface area contributed by atoms with Gasteiger partial charge in [-0.1, -0.05) is 60.7 Å². The maximum absolute atomic E-state index is 13.3. The van der Waals surface area contributed by atoms with Crippen molar-refractivity contribution in [2.24, 2.45) is 0 Å². The Hall–Kier alpha value is -3.79. The zero-order valence-electron chi connectivity index (χ0n) is 22.3. The third kappa shape index (κ3) is 8.11. The van der Waals surface area contributed by atoms with E-state index in [-0.39, 0.29) is 12.6 Å². The first-order valence-corrected chi connectivity index (χ1v) is 12.2. The van der Waals surface area contributed by atoms with Crippen molar-refractivity contribution in [2.75, 3.05) is 6.61 Å². The molecule has 0 fully saturated rings. The van der Waals surface area contributed by atoms with Crippen LogP contribution in [0.25, 0.3) is 0 Å². The minimum Gasteiger partial charge on any atom is -0.444 e. The number of ether oxygens (including phenoxy) is 2. The Balaban J connectivity index is 1.80. The summed E-state index contributed by atoms with van der Waals surface area (Å²) in [6, 6.07) is 18.7. The van der Waals surface area contributed by atoms with E-state index in [1.165, 1.54) is 0 Å². The van der Waals surface area contributed by atoms with Crippen LogP contribution in [0.2, 0.25) is 0 Å². The first-order chi connectivity index (χ1) is 17.5. The third-order valence-electron chi connectivity index (χ3n) is 5.56. The maximum atomic E-state index is 13.3. The minimum atomic E-state index is -1.27. The Morgan fingerprint density at radius 3 is 2.22 bits per heavy atom. The van der Waals surface area contributed by atoms with Crippen LogP contribution in [-0.4, -0.2) is 50.0 Å². The summed E-state index contributed by atoms with van der Waals surface area (Å²) in [5.41, 5.74) is 0.0405. The van der Waals surface area contributed by atoms with Crippen LogP contribution in [0.1, 0.15) is 70.6 Å². The van der Waals surface area contributed by atoms with Crippen molar-refractivity contribution < 1.29 is 19.1 Å². The number of tetrazole rings is 1. The lowest BCUT2D eigenvalue weighted by molar-refractivity contribution is -0.127. The first kappa shape index (κ1) is 27.8. The number of nitrogens with one attached hydrogen (secondary N) is 2. The number of nitrogens with zero attached hydrogens (tertiary/aromatic N) is 4. The fourth-order valence-electron chi connectivity index (χ4n) is 3.58. The van der Waals surface area contributed by atoms with E-state index in [1.807, 2.05) is 67.6 Å². The van der Waals surface area contributed by atoms with E-state index in [4.69, 9.17) is 9.47 Å². The third-order valence-corrected chi connectivity index (χ3v) is 5.56. The highest BCUT2D eigenvalue weighted by Gasteiger charge is 2.35. The summed E-state index contributed by atoms with van der Waals surface area (Å²) >= 11 is 0. The topological polar surface area (TPSA) is 120 Å². The molecule has 198 valence electrons. The van der Waals surface area contributed by atoms with Crippen LogP contribution in [0.5, 0.6) is 0 Å². The number of carbonyl (C=O) groups is 2. The number of benzene rings is 2. The average molecular weight is 509 g/mol. The van der Waals surface area contributed by atoms with E-state index < -0.39 is 29.2 Å². The molecule has 3 rings (SSSR count). The SMILES string of the molecule is CC(c1ccccc1)n1nnnc1C(COCc1ccccc1)NC(=O)C(C)(C)NC(=O)OC(C)(C)C. The molecule has 2 aromatic carbocycles. The maximum Gasteiger partial charge on any atom is 0.408 e. The van der Waals surface area contributed by atoms with Gasteiger partial charge in [-0.15, -0.1) is 5.10 Å². The summed E-state index contributed by atoms with van der Waals surface area (Å²) in [6.07, 6.45) is -0.688. The predicted molar refractivity (Wildman–Crippen MR) is 139 cm³/mol. The largest absolute Gasteiger partial charge is 0.444 e. The van der Waals surface area contributed by atoms with E-state index >= 15 is 0 Å². The van der Waals surface area contributed by atoms with E-state index in [2.05, 4.69) is 26.2 Å². The first-order valence-electron chi connectivity index (χ1n) is 12.2. The fraction of sp³-hybridized carbons (Fsp3) is 0.444. The zero-order valence-corrected chi connectivity index (χ0v) is 22.3. The normalized spacial score (nSPS) is 13.5. The Labute approximate surface area is 217 Å². The summed E-state index contributed by atoms with van der Waals surface area (Å²) in [4.78, 5) is 25.7. The van der Waals surface area contributed by atoms with Crippen LogP contribution in [0.4, 0.5) is 4.79 Å². The van der Waals surface area contributed by atoms with Gasteiger partial charge in [0.2, 0.25) is 5.91 Å². The van der Waals surface area contributed by atoms with Crippen molar-refractivity contribution in [1.29, 1.82) is 0 Å². The number of rotatable bonds is 10. The van der Waals surface area contributed by atoms with Gasteiger partial charge in [-0.3, -0.25) is 4.79 Å². The second kappa shape index (κ2) is 12.0. The van der Waals surface area contributed by atoms with Crippen molar-refractivity contribution in [3.05, 3.63) is 77.6 Å². The minimum absolute atomic E-state index is 0.116. The van der Waals surface area contributed by atoms with Crippen LogP contribution in [0.15, 0.2) is 60.7 Å². The van der Waals surface area contributed by atoms with Crippen LogP contribution in [0, 0.1) is 0 Å². The quantitative estimate of drug-likeness (QED) is 0.425. The lowest BCUT2D eigenvalue weighted by atomic mass is 10.0. The van der Waals surface area contributed by atoms with Gasteiger partial charge in [0.05, 0.1) is 19.3 Å². The van der Waals surface area contributed by atoms with Gasteiger partial charge in [0.25, 0.3) is 0 Å². The molecule has 0 aliphatic carbocycles. The van der Waals surface area contributed by atoms with Crippen molar-refractivity contribution in [1.82, 2.24) is 30.8 Å². The van der Waals surface area contributed by atoms with E-state index in [9.17, 15) is 9.59 Å². The molecule has 0 radical (unpaired) electrons. The Bertz CT molecular complexity index is 1160. The molecule has 0 spiro atoms. The van der Waals surface area contributed by atoms with Crippen LogP contribution in [-0.2, 0) is 20.9 Å². The number of hydrogen-bond acceptors (Lipinski definition) is 7. The second-order valence-electron chi connectivity index (χ2n) is 10.3.